The number of carbonyl (C=O) groups excluding carboxylic acids is 8. The number of hydrogen-bond acceptors (Lipinski definition) is 15. The first kappa shape index (κ1) is 58.7. The molecule has 0 aromatic heterocycles. The van der Waals surface area contributed by atoms with Gasteiger partial charge in [0.25, 0.3) is 0 Å². The van der Waals surface area contributed by atoms with Crippen molar-refractivity contribution < 1.29 is 73.2 Å². The maximum atomic E-state index is 13.7. The SMILES string of the molecule is CC(C)C[C@@H](N)C(=O)N[C@@H](CCC(=O)O)C(=O)N[C@H](C(=O)N[C@@H](CS)C(=O)N[C@@H](CCC(=O)O)C(=O)N[C@@H](CCC(N)=O)C(=O)N[C@@H](CCCN=C(N)N)C(=O)N[C@@H](C)C(=O)O)[C@@H](C)O. The van der Waals surface area contributed by atoms with Crippen molar-refractivity contribution in [2.45, 2.75) is 140 Å². The zero-order valence-corrected chi connectivity index (χ0v) is 37.4. The molecule has 27 nitrogen and oxygen atoms in total. The predicted molar refractivity (Wildman–Crippen MR) is 232 cm³/mol. The Morgan fingerprint density at radius 3 is 1.35 bits per heavy atom. The van der Waals surface area contributed by atoms with Gasteiger partial charge in [-0.05, 0) is 58.3 Å². The van der Waals surface area contributed by atoms with E-state index in [9.17, 15) is 73.2 Å². The van der Waals surface area contributed by atoms with Crippen molar-refractivity contribution in [3.63, 3.8) is 0 Å². The van der Waals surface area contributed by atoms with Crippen LogP contribution >= 0.6 is 12.6 Å². The van der Waals surface area contributed by atoms with Gasteiger partial charge in [-0.3, -0.25) is 57.7 Å². The van der Waals surface area contributed by atoms with Crippen LogP contribution in [0, 0.1) is 5.92 Å². The topological polar surface area (TPSA) is 469 Å². The summed E-state index contributed by atoms with van der Waals surface area (Å²) in [6, 6.07) is -12.3. The van der Waals surface area contributed by atoms with Crippen molar-refractivity contribution in [1.82, 2.24) is 37.2 Å². The summed E-state index contributed by atoms with van der Waals surface area (Å²) < 4.78 is 0. The van der Waals surface area contributed by atoms with Crippen molar-refractivity contribution in [3.8, 4) is 0 Å². The van der Waals surface area contributed by atoms with Crippen LogP contribution in [0.1, 0.15) is 85.5 Å². The van der Waals surface area contributed by atoms with E-state index in [0.29, 0.717) is 0 Å². The molecule has 0 aromatic rings. The fourth-order valence-corrected chi connectivity index (χ4v) is 5.86. The Labute approximate surface area is 379 Å². The van der Waals surface area contributed by atoms with E-state index >= 15 is 0 Å². The number of primary amides is 1. The van der Waals surface area contributed by atoms with Gasteiger partial charge in [-0.1, -0.05) is 13.8 Å². The number of carboxylic acid groups (broad SMARTS) is 3. The van der Waals surface area contributed by atoms with Crippen molar-refractivity contribution in [2.24, 2.45) is 33.8 Å². The standard InChI is InChI=1S/C37H64N12O15S/c1-16(2)14-19(38)29(56)44-23(9-12-27(54)55)33(60)49-28(18(4)50)35(62)48-24(15-65)34(61)47-22(8-11-26(52)53)32(59)46-21(7-10-25(39)51)31(58)45-20(6-5-13-42-37(40)41)30(57)43-17(3)36(63)64/h16-24,28,50,65H,5-15,38H2,1-4H3,(H2,39,51)(H,43,57)(H,44,56)(H,45,58)(H,46,59)(H,47,61)(H,48,62)(H,49,60)(H,52,53)(H,54,55)(H,63,64)(H4,40,41,42)/t17-,18+,19+,20-,21-,22-,23-,24-,28-/m0/s1. The molecule has 0 rings (SSSR count). The monoisotopic (exact) mass is 948 g/mol. The Bertz CT molecular complexity index is 1730. The quantitative estimate of drug-likeness (QED) is 0.0129. The zero-order chi connectivity index (χ0) is 50.1. The number of aliphatic hydroxyl groups is 1. The molecule has 368 valence electrons. The fourth-order valence-electron chi connectivity index (χ4n) is 5.60. The van der Waals surface area contributed by atoms with Crippen LogP contribution in [-0.2, 0) is 52.7 Å². The summed E-state index contributed by atoms with van der Waals surface area (Å²) in [6.45, 7) is 5.83. The summed E-state index contributed by atoms with van der Waals surface area (Å²) in [5.74, 6) is -13.2. The lowest BCUT2D eigenvalue weighted by Crippen LogP contribution is -2.62. The highest BCUT2D eigenvalue weighted by Crippen LogP contribution is 2.09. The smallest absolute Gasteiger partial charge is 0.325 e. The first-order valence-corrected chi connectivity index (χ1v) is 21.0. The van der Waals surface area contributed by atoms with Gasteiger partial charge in [0, 0.05) is 31.6 Å². The molecule has 0 saturated carbocycles. The molecule has 0 heterocycles. The number of hydrogen-bond donors (Lipinski definition) is 16. The average Bonchev–Trinajstić information content (AvgIpc) is 3.20. The predicted octanol–water partition coefficient (Wildman–Crippen LogP) is -5.78. The largest absolute Gasteiger partial charge is 0.481 e. The van der Waals surface area contributed by atoms with Crippen LogP contribution < -0.4 is 60.2 Å². The van der Waals surface area contributed by atoms with Gasteiger partial charge in [-0.25, -0.2) is 0 Å². The van der Waals surface area contributed by atoms with E-state index in [1.54, 1.807) is 13.8 Å². The number of aliphatic imine (C=N–C) groups is 1. The molecule has 0 aliphatic rings. The van der Waals surface area contributed by atoms with E-state index < -0.39 is 164 Å². The number of aliphatic carboxylic acids is 3. The van der Waals surface area contributed by atoms with Crippen LogP contribution in [0.3, 0.4) is 0 Å². The lowest BCUT2D eigenvalue weighted by atomic mass is 10.0. The molecule has 0 saturated heterocycles. The van der Waals surface area contributed by atoms with Gasteiger partial charge in [-0.15, -0.1) is 0 Å². The van der Waals surface area contributed by atoms with Gasteiger partial charge in [0.05, 0.1) is 12.1 Å². The summed E-state index contributed by atoms with van der Waals surface area (Å²) in [5, 5.41) is 54.2. The Kier molecular flexibility index (Phi) is 27.1. The van der Waals surface area contributed by atoms with Crippen LogP contribution in [0.4, 0.5) is 0 Å². The third-order valence-corrected chi connectivity index (χ3v) is 9.49. The summed E-state index contributed by atoms with van der Waals surface area (Å²) in [4.78, 5) is 143. The van der Waals surface area contributed by atoms with Gasteiger partial charge in [0.15, 0.2) is 5.96 Å². The number of guanidine groups is 1. The normalized spacial score (nSPS) is 15.1. The third kappa shape index (κ3) is 24.4. The molecule has 28 heteroatoms. The van der Waals surface area contributed by atoms with Gasteiger partial charge in [-0.2, -0.15) is 12.6 Å². The van der Waals surface area contributed by atoms with Crippen LogP contribution in [0.15, 0.2) is 4.99 Å². The number of nitrogens with two attached hydrogens (primary N) is 4. The molecule has 0 aromatic carbocycles. The summed E-state index contributed by atoms with van der Waals surface area (Å²) >= 11 is 4.07. The van der Waals surface area contributed by atoms with E-state index in [0.717, 1.165) is 13.8 Å². The van der Waals surface area contributed by atoms with E-state index in [1.165, 1.54) is 0 Å². The first-order valence-electron chi connectivity index (χ1n) is 20.4. The van der Waals surface area contributed by atoms with Crippen LogP contribution in [0.2, 0.25) is 0 Å². The van der Waals surface area contributed by atoms with E-state index in [4.69, 9.17) is 22.9 Å². The summed E-state index contributed by atoms with van der Waals surface area (Å²) in [7, 11) is 0. The molecular weight excluding hydrogens is 885 g/mol. The molecule has 8 amide bonds. The minimum atomic E-state index is -1.83. The minimum absolute atomic E-state index is 0.00567. The number of amides is 8. The van der Waals surface area contributed by atoms with Crippen molar-refractivity contribution in [3.05, 3.63) is 0 Å². The average molecular weight is 949 g/mol. The molecular formula is C37H64N12O15S. The molecule has 0 bridgehead atoms. The highest BCUT2D eigenvalue weighted by Gasteiger charge is 2.35. The molecule has 0 radical (unpaired) electrons. The highest BCUT2D eigenvalue weighted by molar-refractivity contribution is 7.80. The second-order valence-electron chi connectivity index (χ2n) is 15.3. The number of nitrogens with zero attached hydrogens (tertiary/aromatic N) is 1. The number of carbonyl (C=O) groups is 11. The van der Waals surface area contributed by atoms with Gasteiger partial charge < -0.3 is 80.6 Å². The Morgan fingerprint density at radius 1 is 0.554 bits per heavy atom. The number of thiol groups is 1. The Morgan fingerprint density at radius 2 is 0.954 bits per heavy atom. The highest BCUT2D eigenvalue weighted by atomic mass is 32.1. The number of carboxylic acids is 3. The third-order valence-electron chi connectivity index (χ3n) is 9.12. The maximum Gasteiger partial charge on any atom is 0.325 e. The number of aliphatic hydroxyl groups excluding tert-OH is 1. The van der Waals surface area contributed by atoms with Gasteiger partial charge >= 0.3 is 17.9 Å². The van der Waals surface area contributed by atoms with Gasteiger partial charge in [0.2, 0.25) is 47.3 Å². The minimum Gasteiger partial charge on any atom is -0.481 e. The second kappa shape index (κ2) is 30.0. The fraction of sp³-hybridized carbons (Fsp3) is 0.676. The maximum absolute atomic E-state index is 13.7. The molecule has 0 aliphatic heterocycles. The molecule has 19 N–H and O–H groups in total. The number of nitrogens with one attached hydrogen (secondary N) is 7. The van der Waals surface area contributed by atoms with Gasteiger partial charge in [0.1, 0.15) is 42.3 Å². The number of rotatable bonds is 32. The summed E-state index contributed by atoms with van der Waals surface area (Å²) in [5.41, 5.74) is 21.8. The molecule has 0 spiro atoms. The Hall–Kier alpha value is -6.29. The molecule has 65 heavy (non-hydrogen) atoms. The molecule has 9 atom stereocenters. The molecule has 0 aliphatic carbocycles. The lowest BCUT2D eigenvalue weighted by Gasteiger charge is -2.28. The van der Waals surface area contributed by atoms with Crippen molar-refractivity contribution in [2.75, 3.05) is 12.3 Å². The molecule has 0 unspecified atom stereocenters. The van der Waals surface area contributed by atoms with E-state index in [2.05, 4.69) is 54.8 Å². The Balaban J connectivity index is 6.43. The van der Waals surface area contributed by atoms with Crippen molar-refractivity contribution in [1.29, 1.82) is 0 Å². The van der Waals surface area contributed by atoms with E-state index in [1.807, 2.05) is 0 Å². The van der Waals surface area contributed by atoms with Crippen molar-refractivity contribution >= 4 is 83.8 Å². The second-order valence-corrected chi connectivity index (χ2v) is 15.7. The lowest BCUT2D eigenvalue weighted by molar-refractivity contribution is -0.142. The zero-order valence-electron chi connectivity index (χ0n) is 36.5. The van der Waals surface area contributed by atoms with Crippen LogP contribution in [0.25, 0.3) is 0 Å². The van der Waals surface area contributed by atoms with Crippen LogP contribution in [0.5, 0.6) is 0 Å². The van der Waals surface area contributed by atoms with E-state index in [-0.39, 0.29) is 37.7 Å². The molecule has 0 fully saturated rings. The van der Waals surface area contributed by atoms with Crippen LogP contribution in [-0.4, -0.2) is 158 Å². The first-order chi connectivity index (χ1) is 30.2. The summed E-state index contributed by atoms with van der Waals surface area (Å²) in [6.07, 6.45) is -4.86.